The Morgan fingerprint density at radius 1 is 0.808 bits per heavy atom. The summed E-state index contributed by atoms with van der Waals surface area (Å²) in [5.74, 6) is 0.756. The van der Waals surface area contributed by atoms with Crippen LogP contribution in [0.3, 0.4) is 0 Å². The summed E-state index contributed by atoms with van der Waals surface area (Å²) in [5.41, 5.74) is 0.141. The molecule has 0 spiro atoms. The molecule has 1 aliphatic heterocycles. The minimum Gasteiger partial charge on any atom is -0.492 e. The van der Waals surface area contributed by atoms with Gasteiger partial charge >= 0.3 is 7.12 Å². The summed E-state index contributed by atoms with van der Waals surface area (Å²) in [6, 6.07) is 7.80. The highest BCUT2D eigenvalue weighted by atomic mass is 16.7. The van der Waals surface area contributed by atoms with Crippen LogP contribution in [0.1, 0.15) is 27.7 Å². The number of ether oxygens (including phenoxy) is 4. The molecule has 0 bridgehead atoms. The molecule has 1 saturated heterocycles. The smallest absolute Gasteiger partial charge is 0.492 e. The molecule has 1 aromatic carbocycles. The molecule has 146 valence electrons. The van der Waals surface area contributed by atoms with E-state index in [-0.39, 0.29) is 11.2 Å². The van der Waals surface area contributed by atoms with Crippen molar-refractivity contribution in [2.45, 2.75) is 38.9 Å². The number of hydrogen-bond acceptors (Lipinski definition) is 6. The van der Waals surface area contributed by atoms with Crippen LogP contribution < -0.4 is 10.2 Å². The predicted molar refractivity (Wildman–Crippen MR) is 101 cm³/mol. The zero-order chi connectivity index (χ0) is 19.0. The van der Waals surface area contributed by atoms with E-state index < -0.39 is 7.12 Å². The Morgan fingerprint density at radius 3 is 1.96 bits per heavy atom. The lowest BCUT2D eigenvalue weighted by atomic mass is 9.78. The van der Waals surface area contributed by atoms with Gasteiger partial charge in [0.05, 0.1) is 44.2 Å². The standard InChI is InChI=1S/C19H31BO6/c1-18(2)19(3,4)26-20(25-18)16-8-6-7-9-17(16)24-15-14-23-13-12-22-11-10-21-5/h6-9H,10-15H2,1-5H3. The molecular weight excluding hydrogens is 335 g/mol. The van der Waals surface area contributed by atoms with E-state index in [0.29, 0.717) is 39.6 Å². The highest BCUT2D eigenvalue weighted by Crippen LogP contribution is 2.37. The van der Waals surface area contributed by atoms with E-state index in [1.165, 1.54) is 0 Å². The monoisotopic (exact) mass is 366 g/mol. The van der Waals surface area contributed by atoms with Crippen LogP contribution in [0.4, 0.5) is 0 Å². The predicted octanol–water partition coefficient (Wildman–Crippen LogP) is 2.04. The zero-order valence-corrected chi connectivity index (χ0v) is 16.6. The van der Waals surface area contributed by atoms with Gasteiger partial charge in [0, 0.05) is 12.6 Å². The van der Waals surface area contributed by atoms with E-state index in [1.807, 2.05) is 52.0 Å². The molecule has 7 heteroatoms. The van der Waals surface area contributed by atoms with Gasteiger partial charge in [0.2, 0.25) is 0 Å². The maximum atomic E-state index is 6.12. The lowest BCUT2D eigenvalue weighted by Crippen LogP contribution is -2.41. The second-order valence-corrected chi connectivity index (χ2v) is 7.19. The third kappa shape index (κ3) is 5.69. The van der Waals surface area contributed by atoms with E-state index in [9.17, 15) is 0 Å². The second kappa shape index (κ2) is 9.71. The van der Waals surface area contributed by atoms with Crippen molar-refractivity contribution in [1.82, 2.24) is 0 Å². The van der Waals surface area contributed by atoms with Crippen LogP contribution in [0.25, 0.3) is 0 Å². The molecule has 1 fully saturated rings. The van der Waals surface area contributed by atoms with Gasteiger partial charge in [-0.1, -0.05) is 18.2 Å². The molecule has 0 unspecified atom stereocenters. The van der Waals surface area contributed by atoms with Gasteiger partial charge in [0.1, 0.15) is 12.4 Å². The first-order valence-electron chi connectivity index (χ1n) is 9.09. The third-order valence-electron chi connectivity index (χ3n) is 4.72. The van der Waals surface area contributed by atoms with Crippen molar-refractivity contribution in [3.63, 3.8) is 0 Å². The summed E-state index contributed by atoms with van der Waals surface area (Å²) in [7, 11) is 1.21. The molecule has 0 N–H and O–H groups in total. The summed E-state index contributed by atoms with van der Waals surface area (Å²) in [6.45, 7) is 11.4. The summed E-state index contributed by atoms with van der Waals surface area (Å²) < 4.78 is 33.9. The van der Waals surface area contributed by atoms with Crippen LogP contribution in [0.15, 0.2) is 24.3 Å². The molecule has 1 aromatic rings. The molecule has 0 amide bonds. The zero-order valence-electron chi connectivity index (χ0n) is 16.6. The maximum absolute atomic E-state index is 6.12. The van der Waals surface area contributed by atoms with Crippen LogP contribution >= 0.6 is 0 Å². The van der Waals surface area contributed by atoms with E-state index in [1.54, 1.807) is 7.11 Å². The largest absolute Gasteiger partial charge is 0.498 e. The van der Waals surface area contributed by atoms with Gasteiger partial charge in [-0.15, -0.1) is 0 Å². The summed E-state index contributed by atoms with van der Waals surface area (Å²) in [4.78, 5) is 0. The Labute approximate surface area is 157 Å². The Hall–Kier alpha value is -1.12. The molecule has 6 nitrogen and oxygen atoms in total. The van der Waals surface area contributed by atoms with Crippen molar-refractivity contribution in [2.75, 3.05) is 46.8 Å². The van der Waals surface area contributed by atoms with Crippen molar-refractivity contribution in [3.8, 4) is 5.75 Å². The molecule has 0 atom stereocenters. The summed E-state index contributed by atoms with van der Waals surface area (Å²) in [5, 5.41) is 0. The minimum atomic E-state index is -0.439. The van der Waals surface area contributed by atoms with Crippen molar-refractivity contribution in [2.24, 2.45) is 0 Å². The van der Waals surface area contributed by atoms with E-state index >= 15 is 0 Å². The van der Waals surface area contributed by atoms with E-state index in [2.05, 4.69) is 0 Å². The minimum absolute atomic E-state index is 0.378. The molecule has 0 saturated carbocycles. The highest BCUT2D eigenvalue weighted by molar-refractivity contribution is 6.63. The molecule has 1 heterocycles. The van der Waals surface area contributed by atoms with Crippen LogP contribution in [-0.4, -0.2) is 65.1 Å². The van der Waals surface area contributed by atoms with Gasteiger partial charge in [-0.25, -0.2) is 0 Å². The molecule has 0 radical (unpaired) electrons. The Bertz CT molecular complexity index is 533. The first-order chi connectivity index (χ1) is 12.4. The average molecular weight is 366 g/mol. The number of methoxy groups -OCH3 is 1. The molecule has 0 aliphatic carbocycles. The average Bonchev–Trinajstić information content (AvgIpc) is 2.81. The van der Waals surface area contributed by atoms with Gasteiger partial charge < -0.3 is 28.3 Å². The number of hydrogen-bond donors (Lipinski definition) is 0. The summed E-state index contributed by atoms with van der Waals surface area (Å²) >= 11 is 0. The fraction of sp³-hybridized carbons (Fsp3) is 0.684. The van der Waals surface area contributed by atoms with E-state index in [0.717, 1.165) is 11.2 Å². The lowest BCUT2D eigenvalue weighted by molar-refractivity contribution is 0.00578. The first kappa shape index (κ1) is 21.2. The highest BCUT2D eigenvalue weighted by Gasteiger charge is 2.52. The third-order valence-corrected chi connectivity index (χ3v) is 4.72. The Morgan fingerprint density at radius 2 is 1.35 bits per heavy atom. The molecular formula is C19H31BO6. The van der Waals surface area contributed by atoms with Crippen LogP contribution in [-0.2, 0) is 23.5 Å². The Balaban J connectivity index is 1.78. The molecule has 26 heavy (non-hydrogen) atoms. The van der Waals surface area contributed by atoms with Gasteiger partial charge in [-0.3, -0.25) is 0 Å². The van der Waals surface area contributed by atoms with Crippen molar-refractivity contribution in [3.05, 3.63) is 24.3 Å². The molecule has 1 aliphatic rings. The van der Waals surface area contributed by atoms with E-state index in [4.69, 9.17) is 28.3 Å². The van der Waals surface area contributed by atoms with Crippen LogP contribution in [0, 0.1) is 0 Å². The number of benzene rings is 1. The first-order valence-corrected chi connectivity index (χ1v) is 9.09. The van der Waals surface area contributed by atoms with Crippen molar-refractivity contribution >= 4 is 12.6 Å². The SMILES string of the molecule is COCCOCCOCCOc1ccccc1B1OC(C)(C)C(C)(C)O1. The van der Waals surface area contributed by atoms with Crippen molar-refractivity contribution in [1.29, 1.82) is 0 Å². The fourth-order valence-corrected chi connectivity index (χ4v) is 2.45. The number of rotatable bonds is 11. The van der Waals surface area contributed by atoms with Crippen molar-refractivity contribution < 1.29 is 28.3 Å². The topological polar surface area (TPSA) is 55.4 Å². The van der Waals surface area contributed by atoms with Gasteiger partial charge in [-0.05, 0) is 33.8 Å². The Kier molecular flexibility index (Phi) is 7.92. The maximum Gasteiger partial charge on any atom is 0.498 e. The fourth-order valence-electron chi connectivity index (χ4n) is 2.45. The van der Waals surface area contributed by atoms with Gasteiger partial charge in [-0.2, -0.15) is 0 Å². The number of para-hydroxylation sites is 1. The van der Waals surface area contributed by atoms with Crippen LogP contribution in [0.2, 0.25) is 0 Å². The van der Waals surface area contributed by atoms with Crippen LogP contribution in [0.5, 0.6) is 5.75 Å². The quantitative estimate of drug-likeness (QED) is 0.441. The second-order valence-electron chi connectivity index (χ2n) is 7.19. The van der Waals surface area contributed by atoms with Gasteiger partial charge in [0.25, 0.3) is 0 Å². The van der Waals surface area contributed by atoms with Gasteiger partial charge in [0.15, 0.2) is 0 Å². The molecule has 0 aromatic heterocycles. The molecule has 2 rings (SSSR count). The summed E-state index contributed by atoms with van der Waals surface area (Å²) in [6.07, 6.45) is 0. The lowest BCUT2D eigenvalue weighted by Gasteiger charge is -2.32. The normalized spacial score (nSPS) is 18.3.